The first kappa shape index (κ1) is 22.8. The molecule has 1 unspecified atom stereocenters. The van der Waals surface area contributed by atoms with Crippen LogP contribution in [0.3, 0.4) is 0 Å². The van der Waals surface area contributed by atoms with E-state index in [-0.39, 0.29) is 5.69 Å². The van der Waals surface area contributed by atoms with Crippen molar-refractivity contribution in [2.75, 3.05) is 7.11 Å². The summed E-state index contributed by atoms with van der Waals surface area (Å²) in [6.45, 7) is 0.469. The molecule has 7 nitrogen and oxygen atoms in total. The molecule has 0 aliphatic heterocycles. The molecule has 1 heterocycles. The first-order valence-electron chi connectivity index (χ1n) is 10.8. The fourth-order valence-corrected chi connectivity index (χ4v) is 3.39. The smallest absolute Gasteiger partial charge is 0.328 e. The molecule has 0 bridgehead atoms. The highest BCUT2D eigenvalue weighted by atomic mass is 16.5. The van der Waals surface area contributed by atoms with Gasteiger partial charge >= 0.3 is 5.97 Å². The molecule has 172 valence electrons. The van der Waals surface area contributed by atoms with E-state index in [0.29, 0.717) is 24.5 Å². The van der Waals surface area contributed by atoms with Crippen molar-refractivity contribution in [1.82, 2.24) is 10.5 Å². The van der Waals surface area contributed by atoms with Crippen LogP contribution in [0.25, 0.3) is 11.3 Å². The van der Waals surface area contributed by atoms with Gasteiger partial charge in [-0.05, 0) is 35.4 Å². The van der Waals surface area contributed by atoms with E-state index in [1.54, 1.807) is 0 Å². The lowest BCUT2D eigenvalue weighted by Crippen LogP contribution is -2.43. The van der Waals surface area contributed by atoms with Crippen LogP contribution < -0.4 is 10.1 Å². The Hall–Kier alpha value is -4.39. The zero-order valence-electron chi connectivity index (χ0n) is 18.6. The van der Waals surface area contributed by atoms with Crippen LogP contribution >= 0.6 is 0 Å². The van der Waals surface area contributed by atoms with Gasteiger partial charge in [0.05, 0.1) is 7.11 Å². The number of ether oxygens (including phenoxy) is 2. The number of amides is 1. The van der Waals surface area contributed by atoms with E-state index >= 15 is 0 Å². The second-order valence-electron chi connectivity index (χ2n) is 7.61. The van der Waals surface area contributed by atoms with Crippen LogP contribution in [0.5, 0.6) is 5.75 Å². The number of hydrogen-bond donors (Lipinski definition) is 1. The molecule has 4 aromatic rings. The summed E-state index contributed by atoms with van der Waals surface area (Å²) in [4.78, 5) is 24.9. The molecule has 4 rings (SSSR count). The molecule has 0 saturated carbocycles. The van der Waals surface area contributed by atoms with Crippen LogP contribution in [-0.2, 0) is 22.6 Å². The molecule has 0 aliphatic rings. The molecule has 3 aromatic carbocycles. The number of carbonyl (C=O) groups excluding carboxylic acids is 2. The molecule has 1 N–H and O–H groups in total. The van der Waals surface area contributed by atoms with E-state index in [1.165, 1.54) is 13.2 Å². The van der Waals surface area contributed by atoms with Crippen molar-refractivity contribution >= 4 is 11.9 Å². The number of aromatic nitrogens is 1. The van der Waals surface area contributed by atoms with Crippen molar-refractivity contribution in [3.8, 4) is 17.1 Å². The van der Waals surface area contributed by atoms with Gasteiger partial charge in [-0.3, -0.25) is 4.79 Å². The molecule has 1 amide bonds. The summed E-state index contributed by atoms with van der Waals surface area (Å²) < 4.78 is 16.0. The molecular weight excluding hydrogens is 432 g/mol. The van der Waals surface area contributed by atoms with Crippen molar-refractivity contribution in [3.05, 3.63) is 108 Å². The Bertz CT molecular complexity index is 1220. The van der Waals surface area contributed by atoms with Crippen molar-refractivity contribution in [1.29, 1.82) is 0 Å². The minimum atomic E-state index is -0.846. The lowest BCUT2D eigenvalue weighted by atomic mass is 10.1. The molecule has 0 fully saturated rings. The number of hydrogen-bond acceptors (Lipinski definition) is 6. The van der Waals surface area contributed by atoms with Gasteiger partial charge in [0.25, 0.3) is 5.91 Å². The minimum Gasteiger partial charge on any atom is -0.489 e. The Balaban J connectivity index is 1.39. The van der Waals surface area contributed by atoms with Crippen LogP contribution in [0.4, 0.5) is 0 Å². The maximum atomic E-state index is 12.7. The predicted molar refractivity (Wildman–Crippen MR) is 126 cm³/mol. The number of benzene rings is 3. The van der Waals surface area contributed by atoms with Gasteiger partial charge in [-0.25, -0.2) is 4.79 Å². The van der Waals surface area contributed by atoms with Crippen molar-refractivity contribution in [2.24, 2.45) is 0 Å². The van der Waals surface area contributed by atoms with Crippen molar-refractivity contribution in [2.45, 2.75) is 19.1 Å². The summed E-state index contributed by atoms with van der Waals surface area (Å²) in [7, 11) is 1.29. The molecule has 0 aliphatic carbocycles. The average Bonchev–Trinajstić information content (AvgIpc) is 3.39. The first-order chi connectivity index (χ1) is 16.6. The van der Waals surface area contributed by atoms with E-state index in [1.807, 2.05) is 84.9 Å². The van der Waals surface area contributed by atoms with E-state index in [4.69, 9.17) is 14.0 Å². The molecule has 34 heavy (non-hydrogen) atoms. The summed E-state index contributed by atoms with van der Waals surface area (Å²) in [5.41, 5.74) is 2.79. The Morgan fingerprint density at radius 3 is 2.21 bits per heavy atom. The van der Waals surface area contributed by atoms with Crippen LogP contribution in [-0.4, -0.2) is 30.2 Å². The minimum absolute atomic E-state index is 0.0707. The quantitative estimate of drug-likeness (QED) is 0.375. The lowest BCUT2D eigenvalue weighted by molar-refractivity contribution is -0.142. The highest BCUT2D eigenvalue weighted by Gasteiger charge is 2.24. The third-order valence-corrected chi connectivity index (χ3v) is 5.20. The number of rotatable bonds is 9. The van der Waals surface area contributed by atoms with Gasteiger partial charge in [-0.1, -0.05) is 65.8 Å². The molecule has 0 radical (unpaired) electrons. The Kier molecular flexibility index (Phi) is 7.35. The van der Waals surface area contributed by atoms with Gasteiger partial charge in [0.1, 0.15) is 18.4 Å². The Morgan fingerprint density at radius 1 is 0.912 bits per heavy atom. The van der Waals surface area contributed by atoms with E-state index in [9.17, 15) is 9.59 Å². The molecule has 1 aromatic heterocycles. The summed E-state index contributed by atoms with van der Waals surface area (Å²) in [5.74, 6) is 0.0838. The number of carbonyl (C=O) groups is 2. The van der Waals surface area contributed by atoms with Crippen LogP contribution in [0.15, 0.2) is 95.5 Å². The third kappa shape index (κ3) is 5.89. The van der Waals surface area contributed by atoms with Gasteiger partial charge in [0.2, 0.25) is 0 Å². The zero-order valence-corrected chi connectivity index (χ0v) is 18.6. The Labute approximate surface area is 197 Å². The molecule has 0 spiro atoms. The van der Waals surface area contributed by atoms with Crippen LogP contribution in [0, 0.1) is 0 Å². The molecule has 7 heteroatoms. The Morgan fingerprint density at radius 2 is 1.56 bits per heavy atom. The van der Waals surface area contributed by atoms with Gasteiger partial charge < -0.3 is 19.3 Å². The van der Waals surface area contributed by atoms with E-state index in [0.717, 1.165) is 16.7 Å². The summed E-state index contributed by atoms with van der Waals surface area (Å²) in [6, 6.07) is 27.3. The monoisotopic (exact) mass is 456 g/mol. The standard InChI is InChI=1S/C27H24N2O5/c1-32-27(31)24(16-19-8-4-2-5-9-19)28-26(30)23-17-25(34-29-23)21-12-14-22(15-13-21)33-18-20-10-6-3-7-11-20/h2-15,17,24H,16,18H2,1H3,(H,28,30). The number of nitrogens with zero attached hydrogens (tertiary/aromatic N) is 1. The van der Waals surface area contributed by atoms with E-state index in [2.05, 4.69) is 10.5 Å². The second kappa shape index (κ2) is 11.0. The van der Waals surface area contributed by atoms with Gasteiger partial charge in [-0.15, -0.1) is 0 Å². The highest BCUT2D eigenvalue weighted by Crippen LogP contribution is 2.24. The number of methoxy groups -OCH3 is 1. The number of nitrogens with one attached hydrogen (secondary N) is 1. The summed E-state index contributed by atoms with van der Waals surface area (Å²) in [6.07, 6.45) is 0.300. The van der Waals surface area contributed by atoms with Crippen molar-refractivity contribution < 1.29 is 23.6 Å². The van der Waals surface area contributed by atoms with Gasteiger partial charge in [0, 0.05) is 18.1 Å². The SMILES string of the molecule is COC(=O)C(Cc1ccccc1)NC(=O)c1cc(-c2ccc(OCc3ccccc3)cc2)on1. The summed E-state index contributed by atoms with van der Waals surface area (Å²) in [5, 5.41) is 6.55. The molecular formula is C27H24N2O5. The maximum Gasteiger partial charge on any atom is 0.328 e. The topological polar surface area (TPSA) is 90.7 Å². The second-order valence-corrected chi connectivity index (χ2v) is 7.61. The zero-order chi connectivity index (χ0) is 23.8. The highest BCUT2D eigenvalue weighted by molar-refractivity contribution is 5.95. The maximum absolute atomic E-state index is 12.7. The number of esters is 1. The van der Waals surface area contributed by atoms with Crippen molar-refractivity contribution in [3.63, 3.8) is 0 Å². The largest absolute Gasteiger partial charge is 0.489 e. The molecule has 0 saturated heterocycles. The molecule has 1 atom stereocenters. The average molecular weight is 456 g/mol. The van der Waals surface area contributed by atoms with E-state index < -0.39 is 17.9 Å². The van der Waals surface area contributed by atoms with Crippen LogP contribution in [0.2, 0.25) is 0 Å². The van der Waals surface area contributed by atoms with Gasteiger partial charge in [-0.2, -0.15) is 0 Å². The fourth-order valence-electron chi connectivity index (χ4n) is 3.39. The first-order valence-corrected chi connectivity index (χ1v) is 10.8. The lowest BCUT2D eigenvalue weighted by Gasteiger charge is -2.15. The normalized spacial score (nSPS) is 11.4. The van der Waals surface area contributed by atoms with Gasteiger partial charge in [0.15, 0.2) is 11.5 Å². The fraction of sp³-hybridized carbons (Fsp3) is 0.148. The van der Waals surface area contributed by atoms with Crippen LogP contribution in [0.1, 0.15) is 21.6 Å². The third-order valence-electron chi connectivity index (χ3n) is 5.20. The summed E-state index contributed by atoms with van der Waals surface area (Å²) >= 11 is 0. The predicted octanol–water partition coefficient (Wildman–Crippen LogP) is 4.43.